The third-order valence-electron chi connectivity index (χ3n) is 3.22. The molecule has 0 aromatic heterocycles. The van der Waals surface area contributed by atoms with Gasteiger partial charge >= 0.3 is 12.0 Å². The van der Waals surface area contributed by atoms with E-state index in [2.05, 4.69) is 10.6 Å². The van der Waals surface area contributed by atoms with Crippen molar-refractivity contribution in [1.82, 2.24) is 14.9 Å². The molecule has 3 amide bonds. The Morgan fingerprint density at radius 1 is 1.42 bits per heavy atom. The number of hydrogen-bond donors (Lipinski definition) is 3. The maximum Gasteiger partial charge on any atom is 0.322 e. The molecule has 19 heavy (non-hydrogen) atoms. The second-order valence-corrected chi connectivity index (χ2v) is 6.62. The predicted octanol–water partition coefficient (Wildman–Crippen LogP) is -1.93. The second-order valence-electron chi connectivity index (χ2n) is 4.53. The zero-order valence-electron chi connectivity index (χ0n) is 9.88. The van der Waals surface area contributed by atoms with Crippen LogP contribution in [0.5, 0.6) is 0 Å². The van der Waals surface area contributed by atoms with Crippen molar-refractivity contribution in [3.8, 4) is 0 Å². The van der Waals surface area contributed by atoms with Gasteiger partial charge in [0.1, 0.15) is 5.54 Å². The molecule has 0 radical (unpaired) electrons. The molecular weight excluding hydrogens is 278 g/mol. The average molecular weight is 291 g/mol. The second kappa shape index (κ2) is 4.46. The number of amides is 3. The van der Waals surface area contributed by atoms with Gasteiger partial charge in [-0.05, 0) is 6.42 Å². The molecule has 10 heteroatoms. The van der Waals surface area contributed by atoms with Gasteiger partial charge in [-0.3, -0.25) is 14.9 Å². The monoisotopic (exact) mass is 291 g/mol. The fourth-order valence-corrected chi connectivity index (χ4v) is 3.65. The quantitative estimate of drug-likeness (QED) is 0.517. The molecule has 3 N–H and O–H groups in total. The number of sulfonamides is 1. The summed E-state index contributed by atoms with van der Waals surface area (Å²) in [6, 6.07) is -0.644. The largest absolute Gasteiger partial charge is 0.481 e. The molecule has 2 rings (SSSR count). The summed E-state index contributed by atoms with van der Waals surface area (Å²) >= 11 is 0. The lowest BCUT2D eigenvalue weighted by Gasteiger charge is -2.20. The van der Waals surface area contributed by atoms with Gasteiger partial charge in [0.15, 0.2) is 0 Å². The van der Waals surface area contributed by atoms with E-state index in [0.29, 0.717) is 0 Å². The van der Waals surface area contributed by atoms with Gasteiger partial charge in [-0.25, -0.2) is 13.2 Å². The maximum absolute atomic E-state index is 11.9. The molecule has 0 bridgehead atoms. The number of nitrogens with zero attached hydrogens (tertiary/aromatic N) is 1. The first kappa shape index (κ1) is 13.7. The predicted molar refractivity (Wildman–Crippen MR) is 61.6 cm³/mol. The molecular formula is C9H13N3O6S. The van der Waals surface area contributed by atoms with Crippen molar-refractivity contribution in [1.29, 1.82) is 0 Å². The number of urea groups is 1. The average Bonchev–Trinajstić information content (AvgIpc) is 2.83. The Bertz CT molecular complexity index is 544. The van der Waals surface area contributed by atoms with Crippen molar-refractivity contribution in [3.05, 3.63) is 0 Å². The van der Waals surface area contributed by atoms with Crippen LogP contribution in [0.4, 0.5) is 4.79 Å². The van der Waals surface area contributed by atoms with Crippen LogP contribution in [-0.2, 0) is 19.6 Å². The Labute approximate surface area is 109 Å². The van der Waals surface area contributed by atoms with Crippen LogP contribution in [0, 0.1) is 0 Å². The van der Waals surface area contributed by atoms with Gasteiger partial charge in [-0.15, -0.1) is 0 Å². The number of carboxylic acids is 1. The van der Waals surface area contributed by atoms with Crippen LogP contribution in [-0.4, -0.2) is 60.1 Å². The lowest BCUT2D eigenvalue weighted by atomic mass is 10.00. The summed E-state index contributed by atoms with van der Waals surface area (Å²) in [4.78, 5) is 33.1. The van der Waals surface area contributed by atoms with Crippen molar-refractivity contribution >= 4 is 27.9 Å². The Morgan fingerprint density at radius 2 is 2.11 bits per heavy atom. The van der Waals surface area contributed by atoms with Gasteiger partial charge in [0, 0.05) is 13.1 Å². The van der Waals surface area contributed by atoms with Crippen LogP contribution in [0.3, 0.4) is 0 Å². The van der Waals surface area contributed by atoms with Crippen LogP contribution in [0.15, 0.2) is 0 Å². The molecule has 9 nitrogen and oxygen atoms in total. The van der Waals surface area contributed by atoms with Crippen molar-refractivity contribution in [2.24, 2.45) is 0 Å². The molecule has 1 unspecified atom stereocenters. The number of carbonyl (C=O) groups excluding carboxylic acids is 2. The highest BCUT2D eigenvalue weighted by Crippen LogP contribution is 2.26. The highest BCUT2D eigenvalue weighted by molar-refractivity contribution is 7.89. The van der Waals surface area contributed by atoms with Gasteiger partial charge in [0.2, 0.25) is 10.0 Å². The van der Waals surface area contributed by atoms with E-state index in [1.165, 1.54) is 0 Å². The summed E-state index contributed by atoms with van der Waals surface area (Å²) in [6.07, 6.45) is -0.318. The summed E-state index contributed by atoms with van der Waals surface area (Å²) < 4.78 is 24.8. The molecule has 2 aliphatic heterocycles. The molecule has 1 spiro atoms. The Morgan fingerprint density at radius 3 is 2.63 bits per heavy atom. The number of carboxylic acid groups (broad SMARTS) is 1. The molecule has 2 fully saturated rings. The van der Waals surface area contributed by atoms with Gasteiger partial charge < -0.3 is 10.4 Å². The zero-order chi connectivity index (χ0) is 14.3. The molecule has 2 saturated heterocycles. The number of hydrogen-bond acceptors (Lipinski definition) is 5. The van der Waals surface area contributed by atoms with E-state index in [4.69, 9.17) is 5.11 Å². The molecule has 106 valence electrons. The highest BCUT2D eigenvalue weighted by atomic mass is 32.2. The summed E-state index contributed by atoms with van der Waals surface area (Å²) in [7, 11) is -3.74. The summed E-state index contributed by atoms with van der Waals surface area (Å²) in [5.41, 5.74) is -1.21. The van der Waals surface area contributed by atoms with Crippen molar-refractivity contribution in [2.45, 2.75) is 18.4 Å². The van der Waals surface area contributed by atoms with Crippen molar-refractivity contribution < 1.29 is 27.9 Å². The van der Waals surface area contributed by atoms with Gasteiger partial charge in [0.05, 0.1) is 12.2 Å². The van der Waals surface area contributed by atoms with Gasteiger partial charge in [0.25, 0.3) is 5.91 Å². The zero-order valence-corrected chi connectivity index (χ0v) is 10.7. The molecule has 2 heterocycles. The standard InChI is InChI=1S/C9H13N3O6S/c13-6(14)1-4-19(17,18)12-3-2-9(5-12)7(15)10-8(16)11-9/h1-5H2,(H,13,14)(H2,10,11,15,16). The van der Waals surface area contributed by atoms with Crippen LogP contribution in [0.25, 0.3) is 0 Å². The summed E-state index contributed by atoms with van der Waals surface area (Å²) in [6.45, 7) is -0.0812. The van der Waals surface area contributed by atoms with Crippen molar-refractivity contribution in [2.75, 3.05) is 18.8 Å². The molecule has 0 aromatic carbocycles. The normalized spacial score (nSPS) is 27.6. The lowest BCUT2D eigenvalue weighted by Crippen LogP contribution is -2.49. The minimum absolute atomic E-state index is 0.0790. The SMILES string of the molecule is O=C(O)CCS(=O)(=O)N1CCC2(C1)NC(=O)NC2=O. The fourth-order valence-electron chi connectivity index (χ4n) is 2.17. The Balaban J connectivity index is 2.08. The lowest BCUT2D eigenvalue weighted by molar-refractivity contribution is -0.136. The molecule has 0 aromatic rings. The first-order valence-electron chi connectivity index (χ1n) is 5.58. The van der Waals surface area contributed by atoms with E-state index in [-0.39, 0.29) is 19.5 Å². The summed E-state index contributed by atoms with van der Waals surface area (Å²) in [5, 5.41) is 13.0. The number of imide groups is 1. The van der Waals surface area contributed by atoms with E-state index in [1.54, 1.807) is 0 Å². The number of aliphatic carboxylic acids is 1. The van der Waals surface area contributed by atoms with Crippen LogP contribution in [0.2, 0.25) is 0 Å². The number of carbonyl (C=O) groups is 3. The third kappa shape index (κ3) is 2.54. The Hall–Kier alpha value is -1.68. The smallest absolute Gasteiger partial charge is 0.322 e. The molecule has 0 aliphatic carbocycles. The van der Waals surface area contributed by atoms with E-state index >= 15 is 0 Å². The number of rotatable bonds is 4. The molecule has 0 saturated carbocycles. The number of nitrogens with one attached hydrogen (secondary N) is 2. The van der Waals surface area contributed by atoms with E-state index in [9.17, 15) is 22.8 Å². The molecule has 2 aliphatic rings. The maximum atomic E-state index is 11.9. The van der Waals surface area contributed by atoms with E-state index < -0.39 is 45.6 Å². The van der Waals surface area contributed by atoms with Crippen LogP contribution >= 0.6 is 0 Å². The van der Waals surface area contributed by atoms with Gasteiger partial charge in [-0.1, -0.05) is 0 Å². The van der Waals surface area contributed by atoms with Crippen LogP contribution in [0.1, 0.15) is 12.8 Å². The topological polar surface area (TPSA) is 133 Å². The van der Waals surface area contributed by atoms with Gasteiger partial charge in [-0.2, -0.15) is 4.31 Å². The molecule has 1 atom stereocenters. The highest BCUT2D eigenvalue weighted by Gasteiger charge is 2.52. The van der Waals surface area contributed by atoms with E-state index in [0.717, 1.165) is 4.31 Å². The van der Waals surface area contributed by atoms with E-state index in [1.807, 2.05) is 0 Å². The fraction of sp³-hybridized carbons (Fsp3) is 0.667. The minimum Gasteiger partial charge on any atom is -0.481 e. The minimum atomic E-state index is -3.74. The third-order valence-corrected chi connectivity index (χ3v) is 5.03. The first-order valence-corrected chi connectivity index (χ1v) is 7.19. The Kier molecular flexibility index (Phi) is 3.22. The first-order chi connectivity index (χ1) is 8.75. The summed E-state index contributed by atoms with van der Waals surface area (Å²) in [5.74, 6) is -2.27. The van der Waals surface area contributed by atoms with Crippen LogP contribution < -0.4 is 10.6 Å². The van der Waals surface area contributed by atoms with Crippen molar-refractivity contribution in [3.63, 3.8) is 0 Å².